The Kier molecular flexibility index (Phi) is 3.74. The molecule has 0 spiro atoms. The highest BCUT2D eigenvalue weighted by Gasteiger charge is 2.14. The van der Waals surface area contributed by atoms with Crippen LogP contribution in [0.5, 0.6) is 0 Å². The van der Waals surface area contributed by atoms with E-state index in [1.165, 1.54) is 11.3 Å². The van der Waals surface area contributed by atoms with Crippen molar-refractivity contribution in [3.05, 3.63) is 22.7 Å². The number of thiophene rings is 1. The summed E-state index contributed by atoms with van der Waals surface area (Å²) in [7, 11) is 0. The second-order valence-electron chi connectivity index (χ2n) is 3.99. The lowest BCUT2D eigenvalue weighted by Gasteiger charge is -2.12. The second-order valence-corrected chi connectivity index (χ2v) is 5.70. The molecule has 0 fully saturated rings. The van der Waals surface area contributed by atoms with Crippen LogP contribution in [0.25, 0.3) is 10.6 Å². The Balaban J connectivity index is 2.37. The number of nitrogen functional groups attached to an aromatic ring is 1. The molecule has 0 saturated carbocycles. The zero-order valence-corrected chi connectivity index (χ0v) is 11.6. The van der Waals surface area contributed by atoms with Gasteiger partial charge in [0.1, 0.15) is 5.69 Å². The number of halogens is 1. The largest absolute Gasteiger partial charge is 0.396 e. The molecular weight excluding hydrogens is 254 g/mol. The number of rotatable bonds is 4. The molecule has 2 heterocycles. The Morgan fingerprint density at radius 3 is 2.65 bits per heavy atom. The summed E-state index contributed by atoms with van der Waals surface area (Å²) in [5.74, 6) is 0. The van der Waals surface area contributed by atoms with E-state index in [0.717, 1.165) is 33.4 Å². The predicted molar refractivity (Wildman–Crippen MR) is 74.6 cm³/mol. The number of aromatic nitrogens is 2. The molecule has 3 nitrogen and oxygen atoms in total. The summed E-state index contributed by atoms with van der Waals surface area (Å²) in [6, 6.07) is 4.25. The first-order valence-corrected chi connectivity index (χ1v) is 6.95. The fourth-order valence-corrected chi connectivity index (χ4v) is 2.94. The van der Waals surface area contributed by atoms with Crippen molar-refractivity contribution in [2.75, 3.05) is 5.73 Å². The van der Waals surface area contributed by atoms with Gasteiger partial charge in [0.15, 0.2) is 0 Å². The van der Waals surface area contributed by atoms with Crippen LogP contribution in [-0.4, -0.2) is 9.78 Å². The van der Waals surface area contributed by atoms with Crippen LogP contribution in [-0.2, 0) is 0 Å². The third kappa shape index (κ3) is 2.48. The van der Waals surface area contributed by atoms with E-state index in [1.807, 2.05) is 23.0 Å². The van der Waals surface area contributed by atoms with Crippen molar-refractivity contribution in [1.29, 1.82) is 0 Å². The maximum atomic E-state index is 6.01. The minimum atomic E-state index is 0.418. The van der Waals surface area contributed by atoms with Gasteiger partial charge >= 0.3 is 0 Å². The van der Waals surface area contributed by atoms with Gasteiger partial charge < -0.3 is 5.73 Å². The van der Waals surface area contributed by atoms with Crippen LogP contribution in [0.4, 0.5) is 5.69 Å². The fourth-order valence-electron chi connectivity index (χ4n) is 1.89. The first-order chi connectivity index (χ1) is 8.15. The Bertz CT molecular complexity index is 500. The molecule has 5 heteroatoms. The maximum Gasteiger partial charge on any atom is 0.125 e. The smallest absolute Gasteiger partial charge is 0.125 e. The Morgan fingerprint density at radius 1 is 1.41 bits per heavy atom. The third-order valence-electron chi connectivity index (χ3n) is 2.88. The van der Waals surface area contributed by atoms with Crippen molar-refractivity contribution in [1.82, 2.24) is 9.78 Å². The molecule has 0 aliphatic rings. The van der Waals surface area contributed by atoms with Crippen molar-refractivity contribution in [3.63, 3.8) is 0 Å². The zero-order chi connectivity index (χ0) is 12.4. The summed E-state index contributed by atoms with van der Waals surface area (Å²) < 4.78 is 2.73. The average molecular weight is 270 g/mol. The maximum absolute atomic E-state index is 6.01. The van der Waals surface area contributed by atoms with Crippen molar-refractivity contribution >= 4 is 28.6 Å². The lowest BCUT2D eigenvalue weighted by Crippen LogP contribution is -2.07. The summed E-state index contributed by atoms with van der Waals surface area (Å²) in [5, 5.41) is 4.58. The highest BCUT2D eigenvalue weighted by atomic mass is 35.5. The quantitative estimate of drug-likeness (QED) is 0.904. The van der Waals surface area contributed by atoms with Crippen LogP contribution < -0.4 is 5.73 Å². The lowest BCUT2D eigenvalue weighted by atomic mass is 10.2. The molecule has 2 aromatic rings. The van der Waals surface area contributed by atoms with E-state index < -0.39 is 0 Å². The van der Waals surface area contributed by atoms with Gasteiger partial charge in [0.05, 0.1) is 20.9 Å². The van der Waals surface area contributed by atoms with Crippen LogP contribution >= 0.6 is 22.9 Å². The molecule has 0 unspecified atom stereocenters. The summed E-state index contributed by atoms with van der Waals surface area (Å²) in [6.45, 7) is 4.32. The molecule has 0 atom stereocenters. The number of nitrogens with zero attached hydrogens (tertiary/aromatic N) is 2. The molecule has 0 bridgehead atoms. The molecule has 0 saturated heterocycles. The molecular formula is C12H16ClN3S. The fraction of sp³-hybridized carbons (Fsp3) is 0.417. The van der Waals surface area contributed by atoms with E-state index >= 15 is 0 Å². The molecule has 0 radical (unpaired) electrons. The van der Waals surface area contributed by atoms with E-state index in [2.05, 4.69) is 18.9 Å². The summed E-state index contributed by atoms with van der Waals surface area (Å²) in [6.07, 6.45) is 4.03. The summed E-state index contributed by atoms with van der Waals surface area (Å²) in [4.78, 5) is 1.03. The van der Waals surface area contributed by atoms with Gasteiger partial charge in [0.2, 0.25) is 0 Å². The van der Waals surface area contributed by atoms with Crippen LogP contribution in [0.1, 0.15) is 32.7 Å². The van der Waals surface area contributed by atoms with Gasteiger partial charge in [0, 0.05) is 6.20 Å². The number of nitrogens with two attached hydrogens (primary N) is 1. The minimum Gasteiger partial charge on any atom is -0.396 e. The SMILES string of the molecule is CCC(CC)n1cc(N)c(-c2ccc(Cl)s2)n1. The second kappa shape index (κ2) is 5.10. The number of hydrogen-bond acceptors (Lipinski definition) is 3. The van der Waals surface area contributed by atoms with Crippen molar-refractivity contribution < 1.29 is 0 Å². The van der Waals surface area contributed by atoms with Crippen LogP contribution in [0.15, 0.2) is 18.3 Å². The highest BCUT2D eigenvalue weighted by molar-refractivity contribution is 7.19. The Hall–Kier alpha value is -1.00. The van der Waals surface area contributed by atoms with E-state index in [-0.39, 0.29) is 0 Å². The molecule has 17 heavy (non-hydrogen) atoms. The average Bonchev–Trinajstić information content (AvgIpc) is 2.87. The molecule has 0 aliphatic heterocycles. The van der Waals surface area contributed by atoms with Gasteiger partial charge in [-0.2, -0.15) is 5.10 Å². The standard InChI is InChI=1S/C12H16ClN3S/c1-3-8(4-2)16-7-9(14)12(15-16)10-5-6-11(13)17-10/h5-8H,3-4,14H2,1-2H3. The van der Waals surface area contributed by atoms with Gasteiger partial charge in [-0.25, -0.2) is 0 Å². The van der Waals surface area contributed by atoms with E-state index in [4.69, 9.17) is 17.3 Å². The van der Waals surface area contributed by atoms with Gasteiger partial charge in [-0.15, -0.1) is 11.3 Å². The lowest BCUT2D eigenvalue weighted by molar-refractivity contribution is 0.429. The molecule has 92 valence electrons. The van der Waals surface area contributed by atoms with Gasteiger partial charge in [-0.05, 0) is 25.0 Å². The van der Waals surface area contributed by atoms with Crippen LogP contribution in [0.3, 0.4) is 0 Å². The van der Waals surface area contributed by atoms with Gasteiger partial charge in [-0.3, -0.25) is 4.68 Å². The number of hydrogen-bond donors (Lipinski definition) is 1. The topological polar surface area (TPSA) is 43.8 Å². The van der Waals surface area contributed by atoms with E-state index in [0.29, 0.717) is 6.04 Å². The monoisotopic (exact) mass is 269 g/mol. The number of anilines is 1. The Morgan fingerprint density at radius 2 is 2.12 bits per heavy atom. The first-order valence-electron chi connectivity index (χ1n) is 5.76. The van der Waals surface area contributed by atoms with Crippen molar-refractivity contribution in [3.8, 4) is 10.6 Å². The molecule has 0 aromatic carbocycles. The normalized spacial score (nSPS) is 11.3. The summed E-state index contributed by atoms with van der Waals surface area (Å²) >= 11 is 7.43. The minimum absolute atomic E-state index is 0.418. The first kappa shape index (κ1) is 12.5. The van der Waals surface area contributed by atoms with Crippen LogP contribution in [0.2, 0.25) is 4.34 Å². The van der Waals surface area contributed by atoms with Gasteiger partial charge in [-0.1, -0.05) is 25.4 Å². The van der Waals surface area contributed by atoms with Crippen molar-refractivity contribution in [2.24, 2.45) is 0 Å². The molecule has 0 amide bonds. The molecule has 2 aromatic heterocycles. The summed E-state index contributed by atoms with van der Waals surface area (Å²) in [5.41, 5.74) is 7.57. The van der Waals surface area contributed by atoms with Gasteiger partial charge in [0.25, 0.3) is 0 Å². The Labute approximate surface area is 110 Å². The molecule has 2 rings (SSSR count). The molecule has 2 N–H and O–H groups in total. The highest BCUT2D eigenvalue weighted by Crippen LogP contribution is 2.34. The molecule has 0 aliphatic carbocycles. The zero-order valence-electron chi connectivity index (χ0n) is 9.98. The predicted octanol–water partition coefficient (Wildman–Crippen LogP) is 4.21. The van der Waals surface area contributed by atoms with Crippen LogP contribution in [0, 0.1) is 0 Å². The van der Waals surface area contributed by atoms with Crippen molar-refractivity contribution in [2.45, 2.75) is 32.7 Å². The third-order valence-corrected chi connectivity index (χ3v) is 4.12. The van der Waals surface area contributed by atoms with E-state index in [1.54, 1.807) is 0 Å². The van der Waals surface area contributed by atoms with E-state index in [9.17, 15) is 0 Å².